The van der Waals surface area contributed by atoms with Crippen molar-refractivity contribution in [3.05, 3.63) is 29.3 Å². The molecule has 1 rings (SSSR count). The van der Waals surface area contributed by atoms with Crippen LogP contribution in [0.2, 0.25) is 0 Å². The van der Waals surface area contributed by atoms with Crippen molar-refractivity contribution in [3.63, 3.8) is 0 Å². The lowest BCUT2D eigenvalue weighted by Gasteiger charge is -2.19. The third-order valence-corrected chi connectivity index (χ3v) is 3.49. The average molecular weight is 252 g/mol. The molecule has 0 saturated heterocycles. The van der Waals surface area contributed by atoms with E-state index in [1.165, 1.54) is 6.26 Å². The van der Waals surface area contributed by atoms with Gasteiger partial charge in [-0.25, -0.2) is 8.42 Å². The van der Waals surface area contributed by atoms with Crippen LogP contribution in [0.5, 0.6) is 0 Å². The Labute approximate surface area is 102 Å². The van der Waals surface area contributed by atoms with Gasteiger partial charge in [0.25, 0.3) is 0 Å². The highest BCUT2D eigenvalue weighted by Gasteiger charge is 2.07. The molecule has 17 heavy (non-hydrogen) atoms. The molecule has 92 valence electrons. The molecule has 1 aromatic carbocycles. The molecule has 1 aromatic rings. The van der Waals surface area contributed by atoms with Gasteiger partial charge in [0.15, 0.2) is 0 Å². The summed E-state index contributed by atoms with van der Waals surface area (Å²) in [6.45, 7) is 2.32. The molecule has 4 nitrogen and oxygen atoms in total. The van der Waals surface area contributed by atoms with Gasteiger partial charge in [-0.3, -0.25) is 0 Å². The summed E-state index contributed by atoms with van der Waals surface area (Å²) in [6.07, 6.45) is 1.23. The van der Waals surface area contributed by atoms with Crippen molar-refractivity contribution in [2.45, 2.75) is 6.92 Å². The van der Waals surface area contributed by atoms with Crippen molar-refractivity contribution in [2.75, 3.05) is 30.5 Å². The second kappa shape index (κ2) is 5.19. The van der Waals surface area contributed by atoms with Crippen LogP contribution in [0.25, 0.3) is 0 Å². The first-order valence-corrected chi connectivity index (χ1v) is 7.29. The fourth-order valence-electron chi connectivity index (χ4n) is 1.44. The van der Waals surface area contributed by atoms with E-state index in [4.69, 9.17) is 5.26 Å². The van der Waals surface area contributed by atoms with Gasteiger partial charge in [-0.05, 0) is 30.7 Å². The minimum atomic E-state index is -2.94. The number of nitriles is 1. The van der Waals surface area contributed by atoms with Crippen molar-refractivity contribution in [2.24, 2.45) is 0 Å². The minimum absolute atomic E-state index is 0.128. The monoisotopic (exact) mass is 252 g/mol. The summed E-state index contributed by atoms with van der Waals surface area (Å²) in [5, 5.41) is 8.82. The molecule has 0 N–H and O–H groups in total. The van der Waals surface area contributed by atoms with E-state index < -0.39 is 9.84 Å². The third kappa shape index (κ3) is 4.08. The highest BCUT2D eigenvalue weighted by molar-refractivity contribution is 7.90. The Balaban J connectivity index is 2.80. The Hall–Kier alpha value is -1.54. The zero-order chi connectivity index (χ0) is 13.1. The lowest BCUT2D eigenvalue weighted by Crippen LogP contribution is -2.24. The molecule has 0 aliphatic carbocycles. The van der Waals surface area contributed by atoms with E-state index in [0.29, 0.717) is 12.1 Å². The van der Waals surface area contributed by atoms with Crippen molar-refractivity contribution < 1.29 is 8.42 Å². The highest BCUT2D eigenvalue weighted by atomic mass is 32.2. The molecular weight excluding hydrogens is 236 g/mol. The average Bonchev–Trinajstić information content (AvgIpc) is 2.24. The van der Waals surface area contributed by atoms with Crippen LogP contribution in [0, 0.1) is 18.3 Å². The van der Waals surface area contributed by atoms with Crippen molar-refractivity contribution >= 4 is 15.5 Å². The van der Waals surface area contributed by atoms with Gasteiger partial charge in [-0.15, -0.1) is 0 Å². The fraction of sp³-hybridized carbons (Fsp3) is 0.417. The molecule has 0 heterocycles. The van der Waals surface area contributed by atoms with Crippen LogP contribution in [0.15, 0.2) is 18.2 Å². The Kier molecular flexibility index (Phi) is 4.13. The zero-order valence-electron chi connectivity index (χ0n) is 10.3. The van der Waals surface area contributed by atoms with Crippen LogP contribution < -0.4 is 4.90 Å². The SMILES string of the molecule is Cc1cc(N(C)CCS(C)(=O)=O)ccc1C#N. The molecule has 0 atom stereocenters. The van der Waals surface area contributed by atoms with Gasteiger partial charge in [-0.1, -0.05) is 0 Å². The number of benzene rings is 1. The first kappa shape index (κ1) is 13.5. The van der Waals surface area contributed by atoms with Gasteiger partial charge < -0.3 is 4.90 Å². The zero-order valence-corrected chi connectivity index (χ0v) is 11.1. The minimum Gasteiger partial charge on any atom is -0.374 e. The normalized spacial score (nSPS) is 10.9. The lowest BCUT2D eigenvalue weighted by molar-refractivity contribution is 0.601. The molecule has 0 amide bonds. The summed E-state index contributed by atoms with van der Waals surface area (Å²) in [5.41, 5.74) is 2.46. The van der Waals surface area contributed by atoms with Gasteiger partial charge >= 0.3 is 0 Å². The Morgan fingerprint density at radius 3 is 2.53 bits per heavy atom. The van der Waals surface area contributed by atoms with Crippen molar-refractivity contribution in [1.82, 2.24) is 0 Å². The summed E-state index contributed by atoms with van der Waals surface area (Å²) >= 11 is 0. The molecule has 0 aliphatic heterocycles. The number of rotatable bonds is 4. The van der Waals surface area contributed by atoms with Crippen molar-refractivity contribution in [1.29, 1.82) is 5.26 Å². The van der Waals surface area contributed by atoms with Crippen LogP contribution in [-0.4, -0.2) is 34.0 Å². The number of hydrogen-bond donors (Lipinski definition) is 0. The second-order valence-electron chi connectivity index (χ2n) is 4.16. The molecule has 0 aromatic heterocycles. The van der Waals surface area contributed by atoms with E-state index in [2.05, 4.69) is 6.07 Å². The van der Waals surface area contributed by atoms with Crippen LogP contribution in [-0.2, 0) is 9.84 Å². The third-order valence-electron chi connectivity index (χ3n) is 2.57. The van der Waals surface area contributed by atoms with E-state index >= 15 is 0 Å². The Morgan fingerprint density at radius 2 is 2.06 bits per heavy atom. The van der Waals surface area contributed by atoms with Gasteiger partial charge in [-0.2, -0.15) is 5.26 Å². The summed E-state index contributed by atoms with van der Waals surface area (Å²) in [5.74, 6) is 0.128. The molecular formula is C12H16N2O2S. The van der Waals surface area contributed by atoms with Gasteiger partial charge in [0.1, 0.15) is 9.84 Å². The predicted octanol–water partition coefficient (Wildman–Crippen LogP) is 1.35. The molecule has 0 radical (unpaired) electrons. The molecule has 0 spiro atoms. The number of nitrogens with zero attached hydrogens (tertiary/aromatic N) is 2. The van der Waals surface area contributed by atoms with E-state index in [9.17, 15) is 8.42 Å². The number of anilines is 1. The summed E-state index contributed by atoms with van der Waals surface area (Å²) in [7, 11) is -1.10. The first-order chi connectivity index (χ1) is 7.83. The standard InChI is InChI=1S/C12H16N2O2S/c1-10-8-12(5-4-11(10)9-13)14(2)6-7-17(3,15)16/h4-5,8H,6-7H2,1-3H3. The highest BCUT2D eigenvalue weighted by Crippen LogP contribution is 2.17. The predicted molar refractivity (Wildman–Crippen MR) is 68.9 cm³/mol. The topological polar surface area (TPSA) is 61.2 Å². The quantitative estimate of drug-likeness (QED) is 0.811. The molecule has 0 fully saturated rings. The number of sulfone groups is 1. The van der Waals surface area contributed by atoms with E-state index in [0.717, 1.165) is 11.3 Å². The summed E-state index contributed by atoms with van der Waals surface area (Å²) in [4.78, 5) is 1.87. The van der Waals surface area contributed by atoms with Crippen LogP contribution in [0.4, 0.5) is 5.69 Å². The Bertz CT molecular complexity index is 544. The largest absolute Gasteiger partial charge is 0.374 e. The number of aryl methyl sites for hydroxylation is 1. The first-order valence-electron chi connectivity index (χ1n) is 5.23. The van der Waals surface area contributed by atoms with E-state index in [1.807, 2.05) is 31.0 Å². The van der Waals surface area contributed by atoms with E-state index in [-0.39, 0.29) is 5.75 Å². The lowest BCUT2D eigenvalue weighted by atomic mass is 10.1. The van der Waals surface area contributed by atoms with Crippen LogP contribution in [0.3, 0.4) is 0 Å². The molecule has 0 unspecified atom stereocenters. The second-order valence-corrected chi connectivity index (χ2v) is 6.42. The smallest absolute Gasteiger partial charge is 0.149 e. The molecule has 0 bridgehead atoms. The van der Waals surface area contributed by atoms with Crippen LogP contribution >= 0.6 is 0 Å². The molecule has 0 aliphatic rings. The Morgan fingerprint density at radius 1 is 1.41 bits per heavy atom. The fourth-order valence-corrected chi connectivity index (χ4v) is 2.05. The maximum Gasteiger partial charge on any atom is 0.149 e. The van der Waals surface area contributed by atoms with Gasteiger partial charge in [0.05, 0.1) is 17.4 Å². The summed E-state index contributed by atoms with van der Waals surface area (Å²) < 4.78 is 22.1. The maximum atomic E-state index is 11.1. The van der Waals surface area contributed by atoms with Gasteiger partial charge in [0.2, 0.25) is 0 Å². The van der Waals surface area contributed by atoms with E-state index in [1.54, 1.807) is 6.07 Å². The summed E-state index contributed by atoms with van der Waals surface area (Å²) in [6, 6.07) is 7.57. The molecule has 0 saturated carbocycles. The molecule has 5 heteroatoms. The van der Waals surface area contributed by atoms with Gasteiger partial charge in [0, 0.05) is 25.5 Å². The van der Waals surface area contributed by atoms with Crippen molar-refractivity contribution in [3.8, 4) is 6.07 Å². The number of hydrogen-bond acceptors (Lipinski definition) is 4. The maximum absolute atomic E-state index is 11.1. The van der Waals surface area contributed by atoms with Crippen LogP contribution in [0.1, 0.15) is 11.1 Å².